The summed E-state index contributed by atoms with van der Waals surface area (Å²) in [4.78, 5) is 21.6. The number of rotatable bonds is 11. The average Bonchev–Trinajstić information content (AvgIpc) is 3.60. The number of halogens is 3. The molecule has 5 rings (SSSR count). The summed E-state index contributed by atoms with van der Waals surface area (Å²) in [5.74, 6) is 1.40. The number of carbonyl (C=O) groups is 1. The summed E-state index contributed by atoms with van der Waals surface area (Å²) in [6, 6.07) is 17.6. The monoisotopic (exact) mass is 627 g/mol. The zero-order valence-corrected chi connectivity index (χ0v) is 24.5. The van der Waals surface area contributed by atoms with Crippen molar-refractivity contribution in [2.24, 2.45) is 0 Å². The third-order valence-electron chi connectivity index (χ3n) is 6.10. The molecule has 0 spiro atoms. The summed E-state index contributed by atoms with van der Waals surface area (Å²) < 4.78 is 55.8. The Labute approximate surface area is 252 Å². The molecule has 0 unspecified atom stereocenters. The molecule has 0 amide bonds. The molecule has 0 aliphatic carbocycles. The van der Waals surface area contributed by atoms with Crippen LogP contribution in [0, 0.1) is 13.8 Å². The summed E-state index contributed by atoms with van der Waals surface area (Å²) in [6.45, 7) is 3.24. The molecule has 0 aliphatic heterocycles. The molecule has 0 aliphatic rings. The van der Waals surface area contributed by atoms with Gasteiger partial charge >= 0.3 is 12.1 Å². The molecule has 13 heteroatoms. The van der Waals surface area contributed by atoms with Gasteiger partial charge in [0.25, 0.3) is 0 Å². The molecule has 3 aromatic carbocycles. The van der Waals surface area contributed by atoms with Gasteiger partial charge in [-0.3, -0.25) is 0 Å². The quantitative estimate of drug-likeness (QED) is 0.147. The molecule has 0 radical (unpaired) electrons. The molecule has 222 valence electrons. The first-order valence-corrected chi connectivity index (χ1v) is 14.6. The van der Waals surface area contributed by atoms with Gasteiger partial charge in [0.05, 0.1) is 11.3 Å². The van der Waals surface area contributed by atoms with Gasteiger partial charge in [0.1, 0.15) is 23.1 Å². The smallest absolute Gasteiger partial charge is 0.416 e. The van der Waals surface area contributed by atoms with Crippen molar-refractivity contribution in [2.45, 2.75) is 37.3 Å². The minimum absolute atomic E-state index is 0.128. The summed E-state index contributed by atoms with van der Waals surface area (Å²) >= 11 is 2.93. The van der Waals surface area contributed by atoms with Crippen LogP contribution in [-0.4, -0.2) is 32.8 Å². The third-order valence-corrected chi connectivity index (χ3v) is 8.45. The van der Waals surface area contributed by atoms with Gasteiger partial charge in [-0.1, -0.05) is 29.4 Å². The number of thioether (sulfide) groups is 1. The number of aryl methyl sites for hydroxylation is 2. The SMILES string of the molecule is Cc1nc(-c2cccc(OCc3nc(-c4ccc(C(F)(F)F)cc4)sc3CSc3ccc(OCC(=O)O)c(C)c3)c2)no1. The van der Waals surface area contributed by atoms with Crippen molar-refractivity contribution >= 4 is 29.1 Å². The fraction of sp³-hybridized carbons (Fsp3) is 0.200. The zero-order chi connectivity index (χ0) is 30.6. The highest BCUT2D eigenvalue weighted by atomic mass is 32.2. The van der Waals surface area contributed by atoms with Crippen LogP contribution < -0.4 is 9.47 Å². The Bertz CT molecular complexity index is 1740. The average molecular weight is 628 g/mol. The number of ether oxygens (including phenoxy) is 2. The molecule has 5 aromatic rings. The number of aliphatic carboxylic acids is 1. The number of hydrogen-bond donors (Lipinski definition) is 1. The molecule has 0 saturated heterocycles. The normalized spacial score (nSPS) is 11.5. The van der Waals surface area contributed by atoms with E-state index in [0.717, 1.165) is 33.0 Å². The van der Waals surface area contributed by atoms with Crippen LogP contribution in [0.2, 0.25) is 0 Å². The van der Waals surface area contributed by atoms with Crippen LogP contribution in [0.15, 0.2) is 76.1 Å². The lowest BCUT2D eigenvalue weighted by Crippen LogP contribution is -2.09. The lowest BCUT2D eigenvalue weighted by molar-refractivity contribution is -0.139. The van der Waals surface area contributed by atoms with Crippen molar-refractivity contribution in [3.8, 4) is 33.5 Å². The number of benzene rings is 3. The van der Waals surface area contributed by atoms with E-state index in [0.29, 0.717) is 45.2 Å². The van der Waals surface area contributed by atoms with Crippen LogP contribution in [0.1, 0.15) is 27.6 Å². The van der Waals surface area contributed by atoms with Crippen LogP contribution in [0.3, 0.4) is 0 Å². The zero-order valence-electron chi connectivity index (χ0n) is 22.8. The van der Waals surface area contributed by atoms with Crippen molar-refractivity contribution in [3.63, 3.8) is 0 Å². The van der Waals surface area contributed by atoms with Crippen molar-refractivity contribution in [2.75, 3.05) is 6.61 Å². The van der Waals surface area contributed by atoms with E-state index in [-0.39, 0.29) is 6.61 Å². The molecule has 1 N–H and O–H groups in total. The highest BCUT2D eigenvalue weighted by Crippen LogP contribution is 2.36. The Morgan fingerprint density at radius 1 is 1.00 bits per heavy atom. The van der Waals surface area contributed by atoms with Gasteiger partial charge in [0.15, 0.2) is 6.61 Å². The summed E-state index contributed by atoms with van der Waals surface area (Å²) in [5, 5.41) is 13.4. The lowest BCUT2D eigenvalue weighted by Gasteiger charge is -2.09. The van der Waals surface area contributed by atoms with Crippen LogP contribution in [0.5, 0.6) is 11.5 Å². The Balaban J connectivity index is 1.36. The maximum atomic E-state index is 13.1. The molecular weight excluding hydrogens is 603 g/mol. The number of nitrogens with zero attached hydrogens (tertiary/aromatic N) is 3. The Hall–Kier alpha value is -4.36. The molecule has 2 aromatic heterocycles. The molecule has 43 heavy (non-hydrogen) atoms. The Kier molecular flexibility index (Phi) is 9.02. The lowest BCUT2D eigenvalue weighted by atomic mass is 10.1. The van der Waals surface area contributed by atoms with Crippen LogP contribution in [0.4, 0.5) is 13.2 Å². The second kappa shape index (κ2) is 12.9. The number of carboxylic acids is 1. The summed E-state index contributed by atoms with van der Waals surface area (Å²) in [5.41, 5.74) is 2.02. The van der Waals surface area contributed by atoms with Gasteiger partial charge in [-0.15, -0.1) is 23.1 Å². The molecule has 8 nitrogen and oxygen atoms in total. The minimum Gasteiger partial charge on any atom is -0.487 e. The van der Waals surface area contributed by atoms with Crippen molar-refractivity contribution in [1.82, 2.24) is 15.1 Å². The van der Waals surface area contributed by atoms with Gasteiger partial charge in [-0.05, 0) is 55.0 Å². The second-order valence-electron chi connectivity index (χ2n) is 9.32. The predicted octanol–water partition coefficient (Wildman–Crippen LogP) is 7.83. The van der Waals surface area contributed by atoms with Gasteiger partial charge in [0, 0.05) is 33.6 Å². The van der Waals surface area contributed by atoms with Gasteiger partial charge in [-0.25, -0.2) is 9.78 Å². The van der Waals surface area contributed by atoms with Crippen molar-refractivity contribution < 1.29 is 37.1 Å². The summed E-state index contributed by atoms with van der Waals surface area (Å²) in [6.07, 6.45) is -4.43. The maximum Gasteiger partial charge on any atom is 0.416 e. The van der Waals surface area contributed by atoms with Crippen LogP contribution in [-0.2, 0) is 23.3 Å². The number of carboxylic acid groups (broad SMARTS) is 1. The highest BCUT2D eigenvalue weighted by molar-refractivity contribution is 7.98. The Morgan fingerprint density at radius 3 is 2.47 bits per heavy atom. The van der Waals surface area contributed by atoms with Crippen molar-refractivity contribution in [1.29, 1.82) is 0 Å². The van der Waals surface area contributed by atoms with Crippen LogP contribution >= 0.6 is 23.1 Å². The molecule has 2 heterocycles. The first-order chi connectivity index (χ1) is 20.5. The Morgan fingerprint density at radius 2 is 1.79 bits per heavy atom. The standard InChI is InChI=1S/C30H24F3N3O5S2/c1-17-12-23(10-11-25(17)40-15-27(37)38)42-16-26-24(35-29(43-26)19-6-8-21(9-7-19)30(31,32)33)14-39-22-5-3-4-20(13-22)28-34-18(2)41-36-28/h3-13H,14-16H2,1-2H3,(H,37,38). The van der Waals surface area contributed by atoms with E-state index in [9.17, 15) is 18.0 Å². The number of alkyl halides is 3. The molecule has 0 fully saturated rings. The molecule has 0 saturated carbocycles. The van der Waals surface area contributed by atoms with E-state index in [2.05, 4.69) is 10.1 Å². The van der Waals surface area contributed by atoms with E-state index in [1.54, 1.807) is 36.9 Å². The summed E-state index contributed by atoms with van der Waals surface area (Å²) in [7, 11) is 0. The largest absolute Gasteiger partial charge is 0.487 e. The maximum absolute atomic E-state index is 13.1. The van der Waals surface area contributed by atoms with E-state index in [1.165, 1.54) is 23.5 Å². The topological polar surface area (TPSA) is 108 Å². The van der Waals surface area contributed by atoms with E-state index < -0.39 is 24.3 Å². The molecule has 0 bridgehead atoms. The van der Waals surface area contributed by atoms with Gasteiger partial charge in [-0.2, -0.15) is 18.2 Å². The number of thiazole rings is 1. The molecule has 0 atom stereocenters. The second-order valence-corrected chi connectivity index (χ2v) is 11.4. The van der Waals surface area contributed by atoms with E-state index in [1.807, 2.05) is 31.2 Å². The van der Waals surface area contributed by atoms with Crippen LogP contribution in [0.25, 0.3) is 22.0 Å². The van der Waals surface area contributed by atoms with Gasteiger partial charge in [0.2, 0.25) is 11.7 Å². The highest BCUT2D eigenvalue weighted by Gasteiger charge is 2.30. The minimum atomic E-state index is -4.43. The number of hydrogen-bond acceptors (Lipinski definition) is 9. The fourth-order valence-corrected chi connectivity index (χ4v) is 6.16. The first-order valence-electron chi connectivity index (χ1n) is 12.8. The van der Waals surface area contributed by atoms with E-state index >= 15 is 0 Å². The van der Waals surface area contributed by atoms with E-state index in [4.69, 9.17) is 24.1 Å². The third kappa shape index (κ3) is 7.73. The first kappa shape index (κ1) is 30.1. The van der Waals surface area contributed by atoms with Crippen molar-refractivity contribution in [3.05, 3.63) is 94.3 Å². The predicted molar refractivity (Wildman–Crippen MR) is 155 cm³/mol. The number of aromatic nitrogens is 3. The fourth-order valence-electron chi connectivity index (χ4n) is 3.99. The molecular formula is C30H24F3N3O5S2. The van der Waals surface area contributed by atoms with Gasteiger partial charge < -0.3 is 19.1 Å².